The molecule has 2 aliphatic rings. The van der Waals surface area contributed by atoms with Crippen molar-refractivity contribution in [3.63, 3.8) is 0 Å². The molecule has 0 aliphatic heterocycles. The van der Waals surface area contributed by atoms with Gasteiger partial charge in [0, 0.05) is 5.56 Å². The van der Waals surface area contributed by atoms with Crippen molar-refractivity contribution in [1.82, 2.24) is 0 Å². The lowest BCUT2D eigenvalue weighted by Crippen LogP contribution is -2.19. The summed E-state index contributed by atoms with van der Waals surface area (Å²) in [5.74, 6) is 2.79. The first-order chi connectivity index (χ1) is 16.2. The van der Waals surface area contributed by atoms with Crippen LogP contribution in [0.1, 0.15) is 127 Å². The largest absolute Gasteiger partial charge is 0.206 e. The number of halogens is 1. The quantitative estimate of drug-likeness (QED) is 0.335. The zero-order chi connectivity index (χ0) is 23.0. The minimum Gasteiger partial charge on any atom is -0.206 e. The standard InChI is InChI=1S/C32H45F/c1-3-5-7-11-25-14-18-27(19-15-25)29-22-23-30(26-12-8-6-9-13-26)32(33)31(29)28-20-16-24(10-4-2)17-21-28/h6,8-9,12-13,22-25,27-28H,3-5,7,10-11,14-21H2,1-2H3. The number of benzene rings is 2. The maximum atomic E-state index is 16.3. The highest BCUT2D eigenvalue weighted by atomic mass is 19.1. The molecule has 0 nitrogen and oxygen atoms in total. The number of hydrogen-bond donors (Lipinski definition) is 0. The lowest BCUT2D eigenvalue weighted by molar-refractivity contribution is 0.290. The lowest BCUT2D eigenvalue weighted by Gasteiger charge is -2.34. The summed E-state index contributed by atoms with van der Waals surface area (Å²) in [6.45, 7) is 4.59. The van der Waals surface area contributed by atoms with E-state index in [1.165, 1.54) is 95.5 Å². The highest BCUT2D eigenvalue weighted by molar-refractivity contribution is 5.66. The smallest absolute Gasteiger partial charge is 0.134 e. The van der Waals surface area contributed by atoms with Crippen LogP contribution in [0.3, 0.4) is 0 Å². The summed E-state index contributed by atoms with van der Waals surface area (Å²) in [5, 5.41) is 0. The molecule has 0 amide bonds. The molecule has 0 atom stereocenters. The fourth-order valence-electron chi connectivity index (χ4n) is 6.81. The van der Waals surface area contributed by atoms with Crippen molar-refractivity contribution in [3.8, 4) is 11.1 Å². The third-order valence-electron chi connectivity index (χ3n) is 8.75. The predicted octanol–water partition coefficient (Wildman–Crippen LogP) is 10.4. The highest BCUT2D eigenvalue weighted by Crippen LogP contribution is 2.46. The Kier molecular flexibility index (Phi) is 9.04. The molecule has 0 aromatic heterocycles. The highest BCUT2D eigenvalue weighted by Gasteiger charge is 2.31. The summed E-state index contributed by atoms with van der Waals surface area (Å²) >= 11 is 0. The van der Waals surface area contributed by atoms with E-state index in [1.54, 1.807) is 0 Å². The van der Waals surface area contributed by atoms with Crippen molar-refractivity contribution in [2.24, 2.45) is 11.8 Å². The Hall–Kier alpha value is -1.63. The van der Waals surface area contributed by atoms with Gasteiger partial charge in [-0.15, -0.1) is 0 Å². The molecule has 4 rings (SSSR count). The third kappa shape index (κ3) is 6.09. The van der Waals surface area contributed by atoms with E-state index >= 15 is 4.39 Å². The summed E-state index contributed by atoms with van der Waals surface area (Å²) in [6.07, 6.45) is 18.1. The molecule has 2 aromatic carbocycles. The second kappa shape index (κ2) is 12.2. The van der Waals surface area contributed by atoms with E-state index in [2.05, 4.69) is 38.1 Å². The van der Waals surface area contributed by atoms with E-state index < -0.39 is 0 Å². The van der Waals surface area contributed by atoms with Gasteiger partial charge in [-0.25, -0.2) is 4.39 Å². The van der Waals surface area contributed by atoms with Gasteiger partial charge in [-0.1, -0.05) is 94.8 Å². The van der Waals surface area contributed by atoms with E-state index in [-0.39, 0.29) is 5.82 Å². The monoisotopic (exact) mass is 448 g/mol. The van der Waals surface area contributed by atoms with Gasteiger partial charge in [0.1, 0.15) is 5.82 Å². The second-order valence-corrected chi connectivity index (χ2v) is 11.0. The number of rotatable bonds is 9. The molecule has 2 aliphatic carbocycles. The van der Waals surface area contributed by atoms with Crippen molar-refractivity contribution < 1.29 is 4.39 Å². The maximum Gasteiger partial charge on any atom is 0.134 e. The van der Waals surface area contributed by atoms with Crippen molar-refractivity contribution in [2.45, 2.75) is 116 Å². The van der Waals surface area contributed by atoms with Crippen molar-refractivity contribution in [1.29, 1.82) is 0 Å². The van der Waals surface area contributed by atoms with Crippen LogP contribution in [0.15, 0.2) is 42.5 Å². The Labute approximate surface area is 202 Å². The van der Waals surface area contributed by atoms with Gasteiger partial charge in [-0.05, 0) is 91.7 Å². The van der Waals surface area contributed by atoms with Crippen LogP contribution in [0, 0.1) is 17.7 Å². The van der Waals surface area contributed by atoms with E-state index in [9.17, 15) is 0 Å². The molecule has 33 heavy (non-hydrogen) atoms. The molecule has 2 fully saturated rings. The summed E-state index contributed by atoms with van der Waals surface area (Å²) in [5.41, 5.74) is 4.28. The van der Waals surface area contributed by atoms with Crippen molar-refractivity contribution >= 4 is 0 Å². The predicted molar refractivity (Wildman–Crippen MR) is 140 cm³/mol. The summed E-state index contributed by atoms with van der Waals surface area (Å²) in [6, 6.07) is 14.6. The molecular formula is C32H45F. The average Bonchev–Trinajstić information content (AvgIpc) is 2.86. The van der Waals surface area contributed by atoms with Gasteiger partial charge >= 0.3 is 0 Å². The lowest BCUT2D eigenvalue weighted by atomic mass is 9.71. The van der Waals surface area contributed by atoms with Gasteiger partial charge in [0.05, 0.1) is 0 Å². The summed E-state index contributed by atoms with van der Waals surface area (Å²) in [7, 11) is 0. The Bertz CT molecular complexity index is 838. The molecule has 1 heteroatoms. The maximum absolute atomic E-state index is 16.3. The van der Waals surface area contributed by atoms with Gasteiger partial charge < -0.3 is 0 Å². The molecule has 0 bridgehead atoms. The third-order valence-corrected chi connectivity index (χ3v) is 8.75. The van der Waals surface area contributed by atoms with E-state index in [4.69, 9.17) is 0 Å². The van der Waals surface area contributed by atoms with Crippen LogP contribution in [-0.4, -0.2) is 0 Å². The van der Waals surface area contributed by atoms with Crippen LogP contribution >= 0.6 is 0 Å². The number of hydrogen-bond acceptors (Lipinski definition) is 0. The SMILES string of the molecule is CCCCCC1CCC(c2ccc(-c3ccccc3)c(F)c2C2CCC(CCC)CC2)CC1. The molecule has 2 aromatic rings. The topological polar surface area (TPSA) is 0 Å². The van der Waals surface area contributed by atoms with Gasteiger partial charge in [-0.2, -0.15) is 0 Å². The molecule has 0 saturated heterocycles. The van der Waals surface area contributed by atoms with Crippen molar-refractivity contribution in [2.75, 3.05) is 0 Å². The van der Waals surface area contributed by atoms with E-state index in [0.717, 1.165) is 28.5 Å². The fraction of sp³-hybridized carbons (Fsp3) is 0.625. The van der Waals surface area contributed by atoms with Gasteiger partial charge in [0.2, 0.25) is 0 Å². The molecule has 2 saturated carbocycles. The van der Waals surface area contributed by atoms with Crippen LogP contribution in [0.25, 0.3) is 11.1 Å². The molecular weight excluding hydrogens is 403 g/mol. The molecule has 0 N–H and O–H groups in total. The van der Waals surface area contributed by atoms with Gasteiger partial charge in [0.25, 0.3) is 0 Å². The number of unbranched alkanes of at least 4 members (excludes halogenated alkanes) is 2. The molecule has 0 heterocycles. The molecule has 180 valence electrons. The second-order valence-electron chi connectivity index (χ2n) is 11.0. The van der Waals surface area contributed by atoms with Crippen molar-refractivity contribution in [3.05, 3.63) is 59.4 Å². The van der Waals surface area contributed by atoms with Crippen LogP contribution in [0.4, 0.5) is 4.39 Å². The zero-order valence-electron chi connectivity index (χ0n) is 21.1. The average molecular weight is 449 g/mol. The first-order valence-electron chi connectivity index (χ1n) is 14.1. The van der Waals surface area contributed by atoms with E-state index in [1.807, 2.05) is 18.2 Å². The van der Waals surface area contributed by atoms with E-state index in [0.29, 0.717) is 11.8 Å². The zero-order valence-corrected chi connectivity index (χ0v) is 21.1. The first-order valence-corrected chi connectivity index (χ1v) is 14.1. The summed E-state index contributed by atoms with van der Waals surface area (Å²) < 4.78 is 16.3. The van der Waals surface area contributed by atoms with Gasteiger partial charge in [-0.3, -0.25) is 0 Å². The summed E-state index contributed by atoms with van der Waals surface area (Å²) in [4.78, 5) is 0. The van der Waals surface area contributed by atoms with Crippen LogP contribution in [0.2, 0.25) is 0 Å². The molecule has 0 unspecified atom stereocenters. The Morgan fingerprint density at radius 3 is 1.94 bits per heavy atom. The first kappa shape index (κ1) is 24.5. The van der Waals surface area contributed by atoms with Crippen LogP contribution in [-0.2, 0) is 0 Å². The normalized spacial score (nSPS) is 25.8. The minimum absolute atomic E-state index is 0.0858. The minimum atomic E-state index is 0.0858. The van der Waals surface area contributed by atoms with Crippen LogP contribution in [0.5, 0.6) is 0 Å². The molecule has 0 radical (unpaired) electrons. The Morgan fingerprint density at radius 2 is 1.30 bits per heavy atom. The molecule has 0 spiro atoms. The Balaban J connectivity index is 1.57. The van der Waals surface area contributed by atoms with Crippen LogP contribution < -0.4 is 0 Å². The Morgan fingerprint density at radius 1 is 0.667 bits per heavy atom. The fourth-order valence-corrected chi connectivity index (χ4v) is 6.81. The van der Waals surface area contributed by atoms with Gasteiger partial charge in [0.15, 0.2) is 0 Å².